The Labute approximate surface area is 159 Å². The third-order valence-electron chi connectivity index (χ3n) is 4.33. The van der Waals surface area contributed by atoms with Crippen LogP contribution in [0, 0.1) is 11.2 Å². The first kappa shape index (κ1) is 21.5. The standard InChI is InChI=1S/C18H20F3N3O4/c1-4-28-15(26)16(2,3)14(25)18(20,21)17(27,9-24-11-22-10-23-24)12-7-5-6-8-13(12)19/h5-8,10-11,27H,4,9H2,1-3H3. The number of ketones is 1. The van der Waals surface area contributed by atoms with Crippen LogP contribution in [0.4, 0.5) is 13.2 Å². The van der Waals surface area contributed by atoms with Gasteiger partial charge in [0.05, 0.1) is 13.2 Å². The molecular formula is C18H20F3N3O4. The summed E-state index contributed by atoms with van der Waals surface area (Å²) in [6.45, 7) is 2.26. The molecule has 2 rings (SSSR count). The lowest BCUT2D eigenvalue weighted by atomic mass is 9.76. The molecule has 1 heterocycles. The van der Waals surface area contributed by atoms with E-state index >= 15 is 8.78 Å². The van der Waals surface area contributed by atoms with Crippen LogP contribution in [0.2, 0.25) is 0 Å². The van der Waals surface area contributed by atoms with E-state index in [-0.39, 0.29) is 6.61 Å². The Morgan fingerprint density at radius 2 is 1.89 bits per heavy atom. The molecule has 28 heavy (non-hydrogen) atoms. The molecule has 0 amide bonds. The molecule has 0 spiro atoms. The maximum Gasteiger partial charge on any atom is 0.340 e. The summed E-state index contributed by atoms with van der Waals surface area (Å²) in [5.41, 5.74) is -6.45. The zero-order valence-electron chi connectivity index (χ0n) is 15.5. The van der Waals surface area contributed by atoms with Crippen LogP contribution in [0.1, 0.15) is 26.3 Å². The van der Waals surface area contributed by atoms with Gasteiger partial charge in [-0.15, -0.1) is 0 Å². The summed E-state index contributed by atoms with van der Waals surface area (Å²) in [7, 11) is 0. The third kappa shape index (κ3) is 3.64. The molecule has 10 heteroatoms. The highest BCUT2D eigenvalue weighted by Crippen LogP contribution is 2.44. The van der Waals surface area contributed by atoms with Crippen molar-refractivity contribution in [2.75, 3.05) is 6.61 Å². The lowest BCUT2D eigenvalue weighted by molar-refractivity contribution is -0.210. The minimum absolute atomic E-state index is 0.127. The number of hydrogen-bond donors (Lipinski definition) is 1. The van der Waals surface area contributed by atoms with E-state index in [1.54, 1.807) is 0 Å². The van der Waals surface area contributed by atoms with Crippen molar-refractivity contribution in [1.82, 2.24) is 14.8 Å². The summed E-state index contributed by atoms with van der Waals surface area (Å²) in [6, 6.07) is 4.29. The molecule has 0 aliphatic rings. The SMILES string of the molecule is CCOC(=O)C(C)(C)C(=O)C(F)(F)C(O)(Cn1cncn1)c1ccccc1F. The molecule has 152 valence electrons. The number of alkyl halides is 2. The van der Waals surface area contributed by atoms with Gasteiger partial charge >= 0.3 is 11.9 Å². The third-order valence-corrected chi connectivity index (χ3v) is 4.33. The minimum Gasteiger partial charge on any atom is -0.465 e. The summed E-state index contributed by atoms with van der Waals surface area (Å²) in [5, 5.41) is 14.6. The number of halogens is 3. The second-order valence-corrected chi connectivity index (χ2v) is 6.68. The van der Waals surface area contributed by atoms with Gasteiger partial charge in [-0.25, -0.2) is 14.1 Å². The van der Waals surface area contributed by atoms with E-state index in [2.05, 4.69) is 10.1 Å². The van der Waals surface area contributed by atoms with Gasteiger partial charge in [0.25, 0.3) is 0 Å². The molecule has 7 nitrogen and oxygen atoms in total. The Balaban J connectivity index is 2.60. The second-order valence-electron chi connectivity index (χ2n) is 6.68. The maximum atomic E-state index is 15.4. The van der Waals surface area contributed by atoms with E-state index in [9.17, 15) is 19.1 Å². The fourth-order valence-electron chi connectivity index (χ4n) is 2.68. The highest BCUT2D eigenvalue weighted by molar-refractivity contribution is 6.06. The summed E-state index contributed by atoms with van der Waals surface area (Å²) in [5.74, 6) is -8.82. The molecule has 0 bridgehead atoms. The van der Waals surface area contributed by atoms with E-state index in [4.69, 9.17) is 4.74 Å². The van der Waals surface area contributed by atoms with Crippen LogP contribution in [0.3, 0.4) is 0 Å². The Bertz CT molecular complexity index is 856. The number of nitrogens with zero attached hydrogens (tertiary/aromatic N) is 3. The smallest absolute Gasteiger partial charge is 0.340 e. The van der Waals surface area contributed by atoms with Gasteiger partial charge in [-0.3, -0.25) is 9.59 Å². The van der Waals surface area contributed by atoms with Gasteiger partial charge in [0, 0.05) is 5.56 Å². The number of rotatable bonds is 8. The molecule has 0 fully saturated rings. The fraction of sp³-hybridized carbons (Fsp3) is 0.444. The van der Waals surface area contributed by atoms with Crippen LogP contribution >= 0.6 is 0 Å². The molecule has 0 radical (unpaired) electrons. The van der Waals surface area contributed by atoms with Crippen LogP contribution in [0.15, 0.2) is 36.9 Å². The number of esters is 1. The van der Waals surface area contributed by atoms with Crippen LogP contribution in [0.5, 0.6) is 0 Å². The monoisotopic (exact) mass is 399 g/mol. The van der Waals surface area contributed by atoms with Crippen LogP contribution < -0.4 is 0 Å². The molecule has 0 aliphatic heterocycles. The molecule has 2 aromatic rings. The van der Waals surface area contributed by atoms with Crippen molar-refractivity contribution < 1.29 is 32.6 Å². The van der Waals surface area contributed by atoms with Crippen LogP contribution in [0.25, 0.3) is 0 Å². The highest BCUT2D eigenvalue weighted by Gasteiger charge is 2.65. The number of benzene rings is 1. The zero-order valence-corrected chi connectivity index (χ0v) is 15.5. The van der Waals surface area contributed by atoms with Crippen molar-refractivity contribution in [3.63, 3.8) is 0 Å². The number of aromatic nitrogens is 3. The number of carbonyl (C=O) groups excluding carboxylic acids is 2. The normalized spacial score (nSPS) is 14.4. The summed E-state index contributed by atoms with van der Waals surface area (Å²) in [4.78, 5) is 28.3. The summed E-state index contributed by atoms with van der Waals surface area (Å²) >= 11 is 0. The van der Waals surface area contributed by atoms with Crippen molar-refractivity contribution in [1.29, 1.82) is 0 Å². The molecule has 1 unspecified atom stereocenters. The number of carbonyl (C=O) groups is 2. The molecule has 0 saturated heterocycles. The first-order valence-corrected chi connectivity index (χ1v) is 8.38. The summed E-state index contributed by atoms with van der Waals surface area (Å²) in [6.07, 6.45) is 2.06. The molecule has 1 atom stereocenters. The van der Waals surface area contributed by atoms with Crippen LogP contribution in [-0.2, 0) is 26.5 Å². The number of aliphatic hydroxyl groups is 1. The maximum absolute atomic E-state index is 15.4. The topological polar surface area (TPSA) is 94.3 Å². The van der Waals surface area contributed by atoms with Crippen LogP contribution in [-0.4, -0.2) is 44.2 Å². The molecule has 0 aliphatic carbocycles. The van der Waals surface area contributed by atoms with Gasteiger partial charge in [-0.05, 0) is 26.8 Å². The predicted molar refractivity (Wildman–Crippen MR) is 90.7 cm³/mol. The Hall–Kier alpha value is -2.75. The van der Waals surface area contributed by atoms with Crippen molar-refractivity contribution >= 4 is 11.8 Å². The van der Waals surface area contributed by atoms with Crippen molar-refractivity contribution in [2.24, 2.45) is 5.41 Å². The van der Waals surface area contributed by atoms with Gasteiger partial charge in [0.2, 0.25) is 5.78 Å². The Morgan fingerprint density at radius 3 is 2.43 bits per heavy atom. The molecule has 1 N–H and O–H groups in total. The van der Waals surface area contributed by atoms with E-state index in [0.29, 0.717) is 0 Å². The predicted octanol–water partition coefficient (Wildman–Crippen LogP) is 2.10. The van der Waals surface area contributed by atoms with E-state index < -0.39 is 46.6 Å². The number of hydrogen-bond acceptors (Lipinski definition) is 6. The highest BCUT2D eigenvalue weighted by atomic mass is 19.3. The lowest BCUT2D eigenvalue weighted by Gasteiger charge is -2.38. The quantitative estimate of drug-likeness (QED) is 0.540. The van der Waals surface area contributed by atoms with Gasteiger partial charge in [0.15, 0.2) is 5.60 Å². The Morgan fingerprint density at radius 1 is 1.25 bits per heavy atom. The van der Waals surface area contributed by atoms with Crippen molar-refractivity contribution in [2.45, 2.75) is 38.8 Å². The average Bonchev–Trinajstić information content (AvgIpc) is 3.14. The second kappa shape index (κ2) is 7.70. The first-order valence-electron chi connectivity index (χ1n) is 8.38. The fourth-order valence-corrected chi connectivity index (χ4v) is 2.68. The lowest BCUT2D eigenvalue weighted by Crippen LogP contribution is -2.58. The molecular weight excluding hydrogens is 379 g/mol. The number of Topliss-reactive ketones (excluding diaryl/α,β-unsaturated/α-hetero) is 1. The van der Waals surface area contributed by atoms with Gasteiger partial charge in [-0.1, -0.05) is 18.2 Å². The van der Waals surface area contributed by atoms with Gasteiger partial charge < -0.3 is 9.84 Å². The van der Waals surface area contributed by atoms with E-state index in [1.165, 1.54) is 19.1 Å². The van der Waals surface area contributed by atoms with Gasteiger partial charge in [0.1, 0.15) is 23.9 Å². The van der Waals surface area contributed by atoms with Crippen molar-refractivity contribution in [3.05, 3.63) is 48.3 Å². The minimum atomic E-state index is -4.57. The Kier molecular flexibility index (Phi) is 5.93. The molecule has 1 aromatic heterocycles. The average molecular weight is 399 g/mol. The summed E-state index contributed by atoms with van der Waals surface area (Å²) < 4.78 is 50.6. The van der Waals surface area contributed by atoms with E-state index in [0.717, 1.165) is 43.3 Å². The molecule has 1 aromatic carbocycles. The van der Waals surface area contributed by atoms with E-state index in [1.807, 2.05) is 0 Å². The first-order chi connectivity index (χ1) is 13.0. The van der Waals surface area contributed by atoms with Crippen molar-refractivity contribution in [3.8, 4) is 0 Å². The van der Waals surface area contributed by atoms with Gasteiger partial charge in [-0.2, -0.15) is 13.9 Å². The number of ether oxygens (including phenoxy) is 1. The molecule has 0 saturated carbocycles. The zero-order chi connectivity index (χ0) is 21.2. The largest absolute Gasteiger partial charge is 0.465 e.